The fourth-order valence-corrected chi connectivity index (χ4v) is 2.16. The third kappa shape index (κ3) is 11.3. The molecule has 0 fully saturated rings. The second-order valence-electron chi connectivity index (χ2n) is 4.72. The van der Waals surface area contributed by atoms with Crippen LogP contribution in [0.4, 0.5) is 5.69 Å². The van der Waals surface area contributed by atoms with Crippen molar-refractivity contribution in [3.63, 3.8) is 0 Å². The van der Waals surface area contributed by atoms with E-state index in [1.165, 1.54) is 5.56 Å². The van der Waals surface area contributed by atoms with E-state index in [4.69, 9.17) is 5.41 Å². The van der Waals surface area contributed by atoms with E-state index in [1.54, 1.807) is 0 Å². The van der Waals surface area contributed by atoms with Crippen molar-refractivity contribution in [1.82, 2.24) is 4.90 Å². The number of anilines is 1. The van der Waals surface area contributed by atoms with Crippen LogP contribution in [0, 0.1) is 19.3 Å². The Balaban J connectivity index is -0.000000815. The third-order valence-corrected chi connectivity index (χ3v) is 3.35. The molecule has 0 unspecified atom stereocenters. The van der Waals surface area contributed by atoms with Gasteiger partial charge in [-0.05, 0) is 17.7 Å². The number of para-hydroxylation sites is 1. The first kappa shape index (κ1) is 31.1. The molecule has 0 bridgehead atoms. The quantitative estimate of drug-likeness (QED) is 0.255. The Kier molecular flexibility index (Phi) is 24.1. The second kappa shape index (κ2) is 21.7. The molecule has 0 aliphatic rings. The molecular weight excluding hydrogens is 514 g/mol. The van der Waals surface area contributed by atoms with E-state index in [0.29, 0.717) is 25.6 Å². The summed E-state index contributed by atoms with van der Waals surface area (Å²) in [5.74, 6) is 0.426. The molecule has 0 spiro atoms. The molecule has 156 valence electrons. The number of hydrogen-bond donors (Lipinski definition) is 1. The van der Waals surface area contributed by atoms with Gasteiger partial charge in [0.05, 0.1) is 6.54 Å². The van der Waals surface area contributed by atoms with Crippen LogP contribution in [0.25, 0.3) is 0 Å². The van der Waals surface area contributed by atoms with Gasteiger partial charge in [-0.2, -0.15) is 0 Å². The fourth-order valence-electron chi connectivity index (χ4n) is 2.16. The topological polar surface area (TPSA) is 30.3 Å². The van der Waals surface area contributed by atoms with Crippen LogP contribution in [0.2, 0.25) is 0 Å². The van der Waals surface area contributed by atoms with E-state index in [9.17, 15) is 0 Å². The van der Waals surface area contributed by atoms with Crippen molar-refractivity contribution in [3.8, 4) is 0 Å². The van der Waals surface area contributed by atoms with Crippen LogP contribution >= 0.6 is 0 Å². The van der Waals surface area contributed by atoms with Crippen molar-refractivity contribution in [3.05, 3.63) is 80.1 Å². The number of benzene rings is 2. The van der Waals surface area contributed by atoms with Gasteiger partial charge in [-0.3, -0.25) is 5.41 Å². The third-order valence-electron chi connectivity index (χ3n) is 3.35. The molecule has 0 amide bonds. The zero-order chi connectivity index (χ0) is 21.1. The maximum atomic E-state index is 8.46. The van der Waals surface area contributed by atoms with E-state index in [-0.39, 0.29) is 21.1 Å². The zero-order valence-corrected chi connectivity index (χ0v) is 21.5. The molecule has 4 heteroatoms. The number of guanidine groups is 1. The first-order valence-corrected chi connectivity index (χ1v) is 10.0. The Morgan fingerprint density at radius 2 is 1.14 bits per heavy atom. The largest absolute Gasteiger partial charge is 2.00 e. The first-order valence-electron chi connectivity index (χ1n) is 10.0. The van der Waals surface area contributed by atoms with Crippen LogP contribution < -0.4 is 4.90 Å². The second-order valence-corrected chi connectivity index (χ2v) is 4.72. The predicted molar refractivity (Wildman–Crippen MR) is 123 cm³/mol. The Hall–Kier alpha value is -1.60. The number of nitrogens with one attached hydrogen (secondary N) is 1. The average Bonchev–Trinajstić information content (AvgIpc) is 2.78. The molecule has 2 aromatic carbocycles. The summed E-state index contributed by atoms with van der Waals surface area (Å²) < 4.78 is 0. The Bertz CT molecular complexity index is 555. The number of nitrogens with zero attached hydrogens (tertiary/aromatic N) is 2. The molecule has 2 rings (SSSR count). The van der Waals surface area contributed by atoms with Gasteiger partial charge < -0.3 is 23.6 Å². The van der Waals surface area contributed by atoms with E-state index in [1.807, 2.05) is 99.9 Å². The minimum Gasteiger partial charge on any atom is -0.403 e. The molecule has 0 aromatic heterocycles. The van der Waals surface area contributed by atoms with E-state index in [2.05, 4.69) is 26.0 Å². The smallest absolute Gasteiger partial charge is 0.403 e. The maximum absolute atomic E-state index is 8.46. The summed E-state index contributed by atoms with van der Waals surface area (Å²) in [6, 6.07) is 20.2. The summed E-state index contributed by atoms with van der Waals surface area (Å²) in [7, 11) is 0. The SMILES string of the molecule is CC.CC.CC.[CH2-]CN(C[CH2-])C(=N)N(Cc1ccccc1)c1ccccc1.[W+2]. The van der Waals surface area contributed by atoms with Crippen LogP contribution in [0.15, 0.2) is 60.7 Å². The van der Waals surface area contributed by atoms with Crippen molar-refractivity contribution in [2.75, 3.05) is 18.0 Å². The van der Waals surface area contributed by atoms with Crippen LogP contribution in [0.3, 0.4) is 0 Å². The van der Waals surface area contributed by atoms with Gasteiger partial charge in [-0.1, -0.05) is 90.1 Å². The van der Waals surface area contributed by atoms with E-state index >= 15 is 0 Å². The van der Waals surface area contributed by atoms with Gasteiger partial charge in [0.25, 0.3) is 0 Å². The first-order chi connectivity index (χ1) is 13.3. The average molecular weight is 553 g/mol. The molecule has 3 nitrogen and oxygen atoms in total. The summed E-state index contributed by atoms with van der Waals surface area (Å²) in [5.41, 5.74) is 2.16. The van der Waals surface area contributed by atoms with Crippen molar-refractivity contribution >= 4 is 11.6 Å². The minimum absolute atomic E-state index is 0. The van der Waals surface area contributed by atoms with Crippen molar-refractivity contribution in [1.29, 1.82) is 5.41 Å². The van der Waals surface area contributed by atoms with Gasteiger partial charge in [0.15, 0.2) is 5.96 Å². The summed E-state index contributed by atoms with van der Waals surface area (Å²) in [4.78, 5) is 3.82. The standard InChI is InChI=1S/C18H21N3.3C2H6.W/c1-3-20(4-2)18(19)21(17-13-9-6-10-14-17)15-16-11-7-5-8-12-16;3*1-2;/h5-14,19H,1-4,15H2;3*1-2H3;/q-2;;;;+2. The van der Waals surface area contributed by atoms with Crippen molar-refractivity contribution in [2.24, 2.45) is 0 Å². The van der Waals surface area contributed by atoms with Gasteiger partial charge in [-0.25, -0.2) is 0 Å². The Morgan fingerprint density at radius 1 is 0.750 bits per heavy atom. The fraction of sp³-hybridized carbons (Fsp3) is 0.375. The summed E-state index contributed by atoms with van der Waals surface area (Å²) >= 11 is 0. The van der Waals surface area contributed by atoms with Gasteiger partial charge >= 0.3 is 21.1 Å². The van der Waals surface area contributed by atoms with Crippen LogP contribution in [-0.2, 0) is 27.6 Å². The van der Waals surface area contributed by atoms with Crippen LogP contribution in [0.5, 0.6) is 0 Å². The molecule has 1 N–H and O–H groups in total. The normalized spacial score (nSPS) is 8.29. The molecule has 0 aliphatic carbocycles. The van der Waals surface area contributed by atoms with Crippen LogP contribution in [0.1, 0.15) is 47.1 Å². The van der Waals surface area contributed by atoms with Gasteiger partial charge in [-0.15, -0.1) is 13.1 Å². The van der Waals surface area contributed by atoms with E-state index in [0.717, 1.165) is 5.69 Å². The Morgan fingerprint density at radius 3 is 1.54 bits per heavy atom. The molecule has 0 heterocycles. The van der Waals surface area contributed by atoms with Gasteiger partial charge in [0.1, 0.15) is 0 Å². The molecular formula is C24H39N3W. The van der Waals surface area contributed by atoms with Crippen molar-refractivity contribution in [2.45, 2.75) is 48.1 Å². The molecule has 0 saturated carbocycles. The molecule has 2 aromatic rings. The van der Waals surface area contributed by atoms with E-state index < -0.39 is 0 Å². The maximum Gasteiger partial charge on any atom is 2.00 e. The molecule has 0 saturated heterocycles. The molecule has 0 atom stereocenters. The molecule has 0 aliphatic heterocycles. The van der Waals surface area contributed by atoms with Crippen LogP contribution in [-0.4, -0.2) is 23.9 Å². The predicted octanol–water partition coefficient (Wildman–Crippen LogP) is 6.67. The molecule has 0 radical (unpaired) electrons. The molecule has 28 heavy (non-hydrogen) atoms. The van der Waals surface area contributed by atoms with Crippen molar-refractivity contribution < 1.29 is 21.1 Å². The van der Waals surface area contributed by atoms with Gasteiger partial charge in [0, 0.05) is 5.69 Å². The zero-order valence-electron chi connectivity index (χ0n) is 18.6. The number of rotatable bonds is 5. The summed E-state index contributed by atoms with van der Waals surface area (Å²) in [5, 5.41) is 8.46. The Labute approximate surface area is 188 Å². The summed E-state index contributed by atoms with van der Waals surface area (Å²) in [6.07, 6.45) is 0. The minimum atomic E-state index is 0. The van der Waals surface area contributed by atoms with Gasteiger partial charge in [0.2, 0.25) is 0 Å². The summed E-state index contributed by atoms with van der Waals surface area (Å²) in [6.45, 7) is 21.5. The monoisotopic (exact) mass is 553 g/mol. The number of hydrogen-bond acceptors (Lipinski definition) is 1.